The SMILES string of the molecule is NC(COCc1ccccc1)c1csc(Nc2ccccn2)n1. The molecule has 1 aromatic carbocycles. The second-order valence-electron chi connectivity index (χ2n) is 5.02. The van der Waals surface area contributed by atoms with Crippen LogP contribution in [-0.2, 0) is 11.3 Å². The molecule has 1 unspecified atom stereocenters. The normalized spacial score (nSPS) is 12.0. The Bertz CT molecular complexity index is 718. The fourth-order valence-corrected chi connectivity index (χ4v) is 2.80. The molecule has 0 aliphatic heterocycles. The summed E-state index contributed by atoms with van der Waals surface area (Å²) in [4.78, 5) is 8.70. The molecule has 0 radical (unpaired) electrons. The molecule has 3 aromatic rings. The van der Waals surface area contributed by atoms with E-state index in [0.717, 1.165) is 22.2 Å². The van der Waals surface area contributed by atoms with E-state index in [1.807, 2.05) is 53.9 Å². The predicted octanol–water partition coefficient (Wildman–Crippen LogP) is 3.50. The molecule has 0 spiro atoms. The maximum absolute atomic E-state index is 6.14. The molecule has 2 aromatic heterocycles. The number of hydrogen-bond acceptors (Lipinski definition) is 6. The van der Waals surface area contributed by atoms with E-state index in [1.165, 1.54) is 11.3 Å². The molecule has 5 nitrogen and oxygen atoms in total. The number of nitrogens with zero attached hydrogens (tertiary/aromatic N) is 2. The molecule has 1 atom stereocenters. The van der Waals surface area contributed by atoms with Crippen LogP contribution in [0, 0.1) is 0 Å². The smallest absolute Gasteiger partial charge is 0.188 e. The monoisotopic (exact) mass is 326 g/mol. The molecule has 0 aliphatic rings. The van der Waals surface area contributed by atoms with Gasteiger partial charge in [-0.2, -0.15) is 0 Å². The van der Waals surface area contributed by atoms with E-state index >= 15 is 0 Å². The number of nitrogens with two attached hydrogens (primary N) is 1. The van der Waals surface area contributed by atoms with Crippen molar-refractivity contribution in [1.29, 1.82) is 0 Å². The molecule has 23 heavy (non-hydrogen) atoms. The summed E-state index contributed by atoms with van der Waals surface area (Å²) in [5.41, 5.74) is 8.10. The van der Waals surface area contributed by atoms with Gasteiger partial charge in [0.05, 0.1) is 24.9 Å². The van der Waals surface area contributed by atoms with Gasteiger partial charge in [-0.05, 0) is 17.7 Å². The highest BCUT2D eigenvalue weighted by Crippen LogP contribution is 2.22. The average molecular weight is 326 g/mol. The third-order valence-corrected chi connectivity index (χ3v) is 3.99. The van der Waals surface area contributed by atoms with Gasteiger partial charge in [0.2, 0.25) is 0 Å². The molecule has 0 amide bonds. The summed E-state index contributed by atoms with van der Waals surface area (Å²) in [5, 5.41) is 5.88. The summed E-state index contributed by atoms with van der Waals surface area (Å²) in [6.45, 7) is 0.985. The van der Waals surface area contributed by atoms with Crippen molar-refractivity contribution >= 4 is 22.3 Å². The van der Waals surface area contributed by atoms with Crippen molar-refractivity contribution in [3.8, 4) is 0 Å². The fraction of sp³-hybridized carbons (Fsp3) is 0.176. The van der Waals surface area contributed by atoms with Gasteiger partial charge in [-0.15, -0.1) is 11.3 Å². The van der Waals surface area contributed by atoms with Crippen molar-refractivity contribution in [2.75, 3.05) is 11.9 Å². The van der Waals surface area contributed by atoms with Crippen LogP contribution in [0.15, 0.2) is 60.1 Å². The zero-order valence-electron chi connectivity index (χ0n) is 12.6. The minimum absolute atomic E-state index is 0.241. The number of benzene rings is 1. The first-order valence-corrected chi connectivity index (χ1v) is 8.20. The lowest BCUT2D eigenvalue weighted by Crippen LogP contribution is -2.17. The van der Waals surface area contributed by atoms with Crippen molar-refractivity contribution < 1.29 is 4.74 Å². The number of rotatable bonds is 7. The first kappa shape index (κ1) is 15.6. The van der Waals surface area contributed by atoms with Gasteiger partial charge in [-0.3, -0.25) is 0 Å². The average Bonchev–Trinajstić information content (AvgIpc) is 3.05. The Balaban J connectivity index is 1.51. The third kappa shape index (κ3) is 4.59. The minimum atomic E-state index is -0.241. The number of anilines is 2. The van der Waals surface area contributed by atoms with Crippen LogP contribution in [0.5, 0.6) is 0 Å². The number of thiazole rings is 1. The van der Waals surface area contributed by atoms with Crippen LogP contribution in [0.3, 0.4) is 0 Å². The lowest BCUT2D eigenvalue weighted by molar-refractivity contribution is 0.107. The second kappa shape index (κ2) is 7.82. The summed E-state index contributed by atoms with van der Waals surface area (Å²) in [6.07, 6.45) is 1.74. The maximum Gasteiger partial charge on any atom is 0.188 e. The van der Waals surface area contributed by atoms with Crippen LogP contribution in [0.4, 0.5) is 10.9 Å². The van der Waals surface area contributed by atoms with Crippen LogP contribution in [0.1, 0.15) is 17.3 Å². The van der Waals surface area contributed by atoms with Crippen molar-refractivity contribution in [2.45, 2.75) is 12.6 Å². The Morgan fingerprint density at radius 2 is 1.96 bits per heavy atom. The van der Waals surface area contributed by atoms with Gasteiger partial charge in [0, 0.05) is 11.6 Å². The van der Waals surface area contributed by atoms with E-state index in [4.69, 9.17) is 10.5 Å². The van der Waals surface area contributed by atoms with E-state index in [0.29, 0.717) is 13.2 Å². The van der Waals surface area contributed by atoms with Crippen LogP contribution in [-0.4, -0.2) is 16.6 Å². The van der Waals surface area contributed by atoms with Crippen molar-refractivity contribution in [2.24, 2.45) is 5.73 Å². The molecule has 3 rings (SSSR count). The summed E-state index contributed by atoms with van der Waals surface area (Å²) < 4.78 is 5.67. The highest BCUT2D eigenvalue weighted by molar-refractivity contribution is 7.13. The highest BCUT2D eigenvalue weighted by Gasteiger charge is 2.11. The van der Waals surface area contributed by atoms with Crippen LogP contribution in [0.25, 0.3) is 0 Å². The Labute approximate surface area is 139 Å². The first-order valence-electron chi connectivity index (χ1n) is 7.32. The number of aromatic nitrogens is 2. The van der Waals surface area contributed by atoms with Crippen LogP contribution in [0.2, 0.25) is 0 Å². The van der Waals surface area contributed by atoms with Gasteiger partial charge < -0.3 is 15.8 Å². The quantitative estimate of drug-likeness (QED) is 0.695. The van der Waals surface area contributed by atoms with Gasteiger partial charge in [0.25, 0.3) is 0 Å². The van der Waals surface area contributed by atoms with Gasteiger partial charge in [-0.1, -0.05) is 36.4 Å². The van der Waals surface area contributed by atoms with E-state index < -0.39 is 0 Å². The topological polar surface area (TPSA) is 73.1 Å². The zero-order valence-corrected chi connectivity index (χ0v) is 13.4. The summed E-state index contributed by atoms with van der Waals surface area (Å²) in [6, 6.07) is 15.5. The molecule has 3 N–H and O–H groups in total. The standard InChI is InChI=1S/C17H18N4OS/c18-14(11-22-10-13-6-2-1-3-7-13)15-12-23-17(20-15)21-16-8-4-5-9-19-16/h1-9,12,14H,10-11,18H2,(H,19,20,21). The Morgan fingerprint density at radius 3 is 2.74 bits per heavy atom. The van der Waals surface area contributed by atoms with Crippen molar-refractivity contribution in [1.82, 2.24) is 9.97 Å². The molecule has 2 heterocycles. The molecule has 0 aliphatic carbocycles. The maximum atomic E-state index is 6.14. The van der Waals surface area contributed by atoms with E-state index in [2.05, 4.69) is 15.3 Å². The fourth-order valence-electron chi connectivity index (χ4n) is 2.02. The Kier molecular flexibility index (Phi) is 5.31. The number of nitrogens with one attached hydrogen (secondary N) is 1. The van der Waals surface area contributed by atoms with Gasteiger partial charge in [-0.25, -0.2) is 9.97 Å². The van der Waals surface area contributed by atoms with Gasteiger partial charge in [0.1, 0.15) is 5.82 Å². The molecular weight excluding hydrogens is 308 g/mol. The molecule has 0 fully saturated rings. The van der Waals surface area contributed by atoms with Crippen molar-refractivity contribution in [3.63, 3.8) is 0 Å². The van der Waals surface area contributed by atoms with Crippen molar-refractivity contribution in [3.05, 3.63) is 71.4 Å². The summed E-state index contributed by atoms with van der Waals surface area (Å²) in [7, 11) is 0. The Hall–Kier alpha value is -2.28. The number of hydrogen-bond donors (Lipinski definition) is 2. The van der Waals surface area contributed by atoms with Crippen LogP contribution < -0.4 is 11.1 Å². The predicted molar refractivity (Wildman–Crippen MR) is 92.7 cm³/mol. The van der Waals surface area contributed by atoms with E-state index in [-0.39, 0.29) is 6.04 Å². The summed E-state index contributed by atoms with van der Waals surface area (Å²) in [5.74, 6) is 0.766. The lowest BCUT2D eigenvalue weighted by Gasteiger charge is -2.10. The largest absolute Gasteiger partial charge is 0.375 e. The molecule has 0 saturated heterocycles. The van der Waals surface area contributed by atoms with Gasteiger partial charge in [0.15, 0.2) is 5.13 Å². The van der Waals surface area contributed by atoms with E-state index in [1.54, 1.807) is 6.20 Å². The van der Waals surface area contributed by atoms with Crippen LogP contribution >= 0.6 is 11.3 Å². The zero-order chi connectivity index (χ0) is 15.9. The molecule has 0 saturated carbocycles. The minimum Gasteiger partial charge on any atom is -0.375 e. The number of pyridine rings is 1. The lowest BCUT2D eigenvalue weighted by atomic mass is 10.2. The number of ether oxygens (including phenoxy) is 1. The Morgan fingerprint density at radius 1 is 1.13 bits per heavy atom. The third-order valence-electron chi connectivity index (χ3n) is 3.21. The molecule has 6 heteroatoms. The van der Waals surface area contributed by atoms with E-state index in [9.17, 15) is 0 Å². The molecular formula is C17H18N4OS. The highest BCUT2D eigenvalue weighted by atomic mass is 32.1. The first-order chi connectivity index (χ1) is 11.3. The second-order valence-corrected chi connectivity index (χ2v) is 5.88. The summed E-state index contributed by atoms with van der Waals surface area (Å²) >= 11 is 1.50. The molecule has 0 bridgehead atoms. The molecule has 118 valence electrons. The van der Waals surface area contributed by atoms with Gasteiger partial charge >= 0.3 is 0 Å².